The van der Waals surface area contributed by atoms with Gasteiger partial charge in [0.1, 0.15) is 5.75 Å². The van der Waals surface area contributed by atoms with Crippen LogP contribution in [0.4, 0.5) is 4.79 Å². The summed E-state index contributed by atoms with van der Waals surface area (Å²) in [5.74, 6) is 0.0511. The molecular formula is C21H22ClN3O5S. The van der Waals surface area contributed by atoms with Crippen molar-refractivity contribution >= 4 is 33.6 Å². The summed E-state index contributed by atoms with van der Waals surface area (Å²) in [6.07, 6.45) is -0.279. The number of para-hydroxylation sites is 1. The van der Waals surface area contributed by atoms with Crippen LogP contribution in [0.3, 0.4) is 0 Å². The highest BCUT2D eigenvalue weighted by atomic mass is 35.5. The van der Waals surface area contributed by atoms with E-state index in [1.807, 2.05) is 20.8 Å². The van der Waals surface area contributed by atoms with Gasteiger partial charge in [-0.2, -0.15) is 0 Å². The Balaban J connectivity index is 1.92. The highest BCUT2D eigenvalue weighted by Gasteiger charge is 2.30. The number of alkyl halides is 1. The maximum atomic E-state index is 12.9. The topological polar surface area (TPSA) is 108 Å². The second-order valence-corrected chi connectivity index (χ2v) is 9.84. The third-order valence-electron chi connectivity index (χ3n) is 4.41. The highest BCUT2D eigenvalue weighted by molar-refractivity contribution is 7.90. The van der Waals surface area contributed by atoms with Gasteiger partial charge in [-0.25, -0.2) is 23.1 Å². The molecule has 0 spiro atoms. The zero-order valence-electron chi connectivity index (χ0n) is 17.1. The summed E-state index contributed by atoms with van der Waals surface area (Å²) in [6, 6.07) is 15.0. The van der Waals surface area contributed by atoms with Crippen molar-refractivity contribution in [3.8, 4) is 5.75 Å². The smallest absolute Gasteiger partial charge is 0.414 e. The van der Waals surface area contributed by atoms with E-state index in [-0.39, 0.29) is 21.9 Å². The van der Waals surface area contributed by atoms with Crippen LogP contribution in [-0.2, 0) is 15.4 Å². The number of sulfonamides is 1. The molecule has 0 saturated heterocycles. The maximum Gasteiger partial charge on any atom is 0.414 e. The van der Waals surface area contributed by atoms with Crippen LogP contribution < -0.4 is 9.46 Å². The normalized spacial score (nSPS) is 16.9. The summed E-state index contributed by atoms with van der Waals surface area (Å²) in [4.78, 5) is 16.1. The lowest BCUT2D eigenvalue weighted by Gasteiger charge is -2.26. The van der Waals surface area contributed by atoms with E-state index in [1.165, 1.54) is 12.1 Å². The van der Waals surface area contributed by atoms with E-state index in [0.717, 1.165) is 11.8 Å². The van der Waals surface area contributed by atoms with Crippen LogP contribution >= 0.6 is 11.6 Å². The molecule has 2 aromatic rings. The third-order valence-corrected chi connectivity index (χ3v) is 6.07. The molecule has 164 valence electrons. The summed E-state index contributed by atoms with van der Waals surface area (Å²) >= 11 is 6.01. The minimum atomic E-state index is -4.03. The fourth-order valence-corrected chi connectivity index (χ4v) is 3.97. The first-order valence-corrected chi connectivity index (χ1v) is 11.2. The number of rotatable bonds is 4. The van der Waals surface area contributed by atoms with Gasteiger partial charge in [0, 0.05) is 0 Å². The number of amides is 1. The average molecular weight is 464 g/mol. The zero-order valence-corrected chi connectivity index (χ0v) is 18.7. The number of hydrogen-bond acceptors (Lipinski definition) is 5. The Morgan fingerprint density at radius 3 is 2.29 bits per heavy atom. The van der Waals surface area contributed by atoms with Crippen LogP contribution in [0.2, 0.25) is 0 Å². The Labute approximate surface area is 185 Å². The van der Waals surface area contributed by atoms with Crippen molar-refractivity contribution in [1.29, 1.82) is 0 Å². The molecule has 10 heteroatoms. The molecule has 2 aromatic carbocycles. The van der Waals surface area contributed by atoms with E-state index in [2.05, 4.69) is 9.71 Å². The average Bonchev–Trinajstić information content (AvgIpc) is 2.69. The summed E-state index contributed by atoms with van der Waals surface area (Å²) in [5, 5.41) is 9.31. The molecule has 1 atom stereocenters. The minimum absolute atomic E-state index is 0.0223. The second-order valence-electron chi connectivity index (χ2n) is 7.77. The van der Waals surface area contributed by atoms with Crippen molar-refractivity contribution in [1.82, 2.24) is 9.62 Å². The molecule has 0 fully saturated rings. The Morgan fingerprint density at radius 2 is 1.74 bits per heavy atom. The molecule has 0 radical (unpaired) electrons. The Bertz CT molecular complexity index is 1120. The lowest BCUT2D eigenvalue weighted by Crippen LogP contribution is -2.42. The molecule has 0 aromatic heterocycles. The first kappa shape index (κ1) is 22.6. The number of nitrogens with one attached hydrogen (secondary N) is 1. The van der Waals surface area contributed by atoms with Gasteiger partial charge >= 0.3 is 6.09 Å². The Morgan fingerprint density at radius 1 is 1.13 bits per heavy atom. The van der Waals surface area contributed by atoms with E-state index in [4.69, 9.17) is 16.3 Å². The summed E-state index contributed by atoms with van der Waals surface area (Å²) < 4.78 is 33.9. The number of aliphatic imine (C=N–C) groups is 1. The SMILES string of the molecule is CC(C)(C)c1ccc(S(=O)(=O)NC2=NC(Cl)N(C(=O)O)C=C2Oc2ccccc2)cc1. The fourth-order valence-electron chi connectivity index (χ4n) is 2.71. The van der Waals surface area contributed by atoms with Crippen molar-refractivity contribution in [2.24, 2.45) is 4.99 Å². The van der Waals surface area contributed by atoms with E-state index in [9.17, 15) is 18.3 Å². The van der Waals surface area contributed by atoms with Gasteiger partial charge in [-0.1, -0.05) is 62.7 Å². The number of hydrogen-bond donors (Lipinski definition) is 2. The van der Waals surface area contributed by atoms with Crippen LogP contribution in [0.15, 0.2) is 76.4 Å². The highest BCUT2D eigenvalue weighted by Crippen LogP contribution is 2.25. The van der Waals surface area contributed by atoms with Crippen molar-refractivity contribution in [3.05, 3.63) is 72.1 Å². The lowest BCUT2D eigenvalue weighted by atomic mass is 9.87. The molecule has 1 amide bonds. The molecule has 1 unspecified atom stereocenters. The number of ether oxygens (including phenoxy) is 1. The monoisotopic (exact) mass is 463 g/mol. The van der Waals surface area contributed by atoms with Gasteiger partial charge in [0.05, 0.1) is 11.1 Å². The van der Waals surface area contributed by atoms with Gasteiger partial charge in [-0.05, 0) is 35.2 Å². The lowest BCUT2D eigenvalue weighted by molar-refractivity contribution is 0.157. The second kappa shape index (κ2) is 8.60. The molecule has 1 heterocycles. The number of nitrogens with zero attached hydrogens (tertiary/aromatic N) is 2. The molecule has 8 nitrogen and oxygen atoms in total. The molecule has 0 aliphatic carbocycles. The Kier molecular flexibility index (Phi) is 6.28. The van der Waals surface area contributed by atoms with Crippen molar-refractivity contribution in [3.63, 3.8) is 0 Å². The standard InChI is InChI=1S/C21H22ClN3O5S/c1-21(2,3)14-9-11-16(12-10-14)31(28,29)24-18-17(30-15-7-5-4-6-8-15)13-25(20(26)27)19(22)23-18/h4-13,19H,1-3H3,(H,23,24)(H,26,27). The van der Waals surface area contributed by atoms with Crippen LogP contribution in [-0.4, -0.2) is 36.0 Å². The number of carbonyl (C=O) groups is 1. The van der Waals surface area contributed by atoms with E-state index >= 15 is 0 Å². The predicted molar refractivity (Wildman–Crippen MR) is 118 cm³/mol. The Hall–Kier alpha value is -3.04. The molecule has 1 aliphatic heterocycles. The van der Waals surface area contributed by atoms with E-state index < -0.39 is 21.7 Å². The molecular weight excluding hydrogens is 442 g/mol. The molecule has 31 heavy (non-hydrogen) atoms. The van der Waals surface area contributed by atoms with Gasteiger partial charge in [-0.3, -0.25) is 4.72 Å². The first-order valence-electron chi connectivity index (χ1n) is 9.29. The third kappa shape index (κ3) is 5.36. The summed E-state index contributed by atoms with van der Waals surface area (Å²) in [7, 11) is -4.03. The number of amidine groups is 1. The molecule has 1 aliphatic rings. The van der Waals surface area contributed by atoms with Crippen LogP contribution in [0.25, 0.3) is 0 Å². The largest absolute Gasteiger partial charge is 0.465 e. The van der Waals surface area contributed by atoms with Gasteiger partial charge in [0.15, 0.2) is 11.6 Å². The number of benzene rings is 2. The molecule has 0 saturated carbocycles. The van der Waals surface area contributed by atoms with Gasteiger partial charge in [-0.15, -0.1) is 0 Å². The number of halogens is 1. The number of carboxylic acid groups (broad SMARTS) is 1. The van der Waals surface area contributed by atoms with E-state index in [0.29, 0.717) is 10.6 Å². The first-order chi connectivity index (χ1) is 14.5. The van der Waals surface area contributed by atoms with Crippen molar-refractivity contribution < 1.29 is 23.1 Å². The molecule has 3 rings (SSSR count). The fraction of sp³-hybridized carbons (Fsp3) is 0.238. The maximum absolute atomic E-state index is 12.9. The summed E-state index contributed by atoms with van der Waals surface area (Å²) in [5.41, 5.74) is -0.511. The molecule has 2 N–H and O–H groups in total. The van der Waals surface area contributed by atoms with E-state index in [1.54, 1.807) is 42.5 Å². The predicted octanol–water partition coefficient (Wildman–Crippen LogP) is 4.10. The molecule has 0 bridgehead atoms. The van der Waals surface area contributed by atoms with Crippen molar-refractivity contribution in [2.45, 2.75) is 36.7 Å². The van der Waals surface area contributed by atoms with Crippen LogP contribution in [0.1, 0.15) is 26.3 Å². The quantitative estimate of drug-likeness (QED) is 0.524. The van der Waals surface area contributed by atoms with Gasteiger partial charge < -0.3 is 9.84 Å². The van der Waals surface area contributed by atoms with Crippen LogP contribution in [0.5, 0.6) is 5.75 Å². The summed E-state index contributed by atoms with van der Waals surface area (Å²) in [6.45, 7) is 6.08. The van der Waals surface area contributed by atoms with Crippen molar-refractivity contribution in [2.75, 3.05) is 0 Å². The minimum Gasteiger partial charge on any atom is -0.465 e. The van der Waals surface area contributed by atoms with Crippen LogP contribution in [0, 0.1) is 0 Å². The zero-order chi connectivity index (χ0) is 22.8. The van der Waals surface area contributed by atoms with Gasteiger partial charge in [0.25, 0.3) is 10.0 Å². The van der Waals surface area contributed by atoms with Gasteiger partial charge in [0.2, 0.25) is 5.62 Å².